The molecule has 0 amide bonds. The lowest BCUT2D eigenvalue weighted by molar-refractivity contribution is 0.418. The number of anilines is 6. The van der Waals surface area contributed by atoms with Crippen molar-refractivity contribution in [3.8, 4) is 0 Å². The monoisotopic (exact) mass is 746 g/mol. The van der Waals surface area contributed by atoms with Crippen LogP contribution < -0.4 is 20.4 Å². The average molecular weight is 747 g/mol. The number of nitrogens with one attached hydrogen (secondary N) is 2. The van der Waals surface area contributed by atoms with Gasteiger partial charge in [-0.15, -0.1) is 0 Å². The number of furan rings is 2. The predicted octanol–water partition coefficient (Wildman–Crippen LogP) is 9.16. The van der Waals surface area contributed by atoms with Gasteiger partial charge in [0.2, 0.25) is 11.9 Å². The molecule has 0 spiro atoms. The zero-order chi connectivity index (χ0) is 37.6. The largest absolute Gasteiger partial charge is 0.446 e. The van der Waals surface area contributed by atoms with E-state index in [9.17, 15) is 0 Å². The van der Waals surface area contributed by atoms with Crippen LogP contribution in [-0.2, 0) is 0 Å². The van der Waals surface area contributed by atoms with E-state index in [0.717, 1.165) is 88.7 Å². The van der Waals surface area contributed by atoms with Gasteiger partial charge in [-0.2, -0.15) is 9.98 Å². The number of benzene rings is 2. The lowest BCUT2D eigenvalue weighted by atomic mass is 10.0. The van der Waals surface area contributed by atoms with E-state index in [4.69, 9.17) is 33.3 Å². The Balaban J connectivity index is 1.10. The number of piperidine rings is 2. The summed E-state index contributed by atoms with van der Waals surface area (Å²) in [5.74, 6) is 4.22. The number of rotatable bonds is 9. The summed E-state index contributed by atoms with van der Waals surface area (Å²) in [5, 5.41) is 11.3. The Morgan fingerprint density at radius 3 is 1.79 bits per heavy atom. The van der Waals surface area contributed by atoms with E-state index in [1.807, 2.05) is 43.0 Å². The number of nitrogens with zero attached hydrogens (tertiary/aromatic N) is 8. The minimum atomic E-state index is 0.365. The third-order valence-electron chi connectivity index (χ3n) is 10.7. The molecule has 5 aliphatic rings. The molecule has 5 aromatic rings. The SMILES string of the molecule is Cc1ccc(Nc2cc(N3CCCCC3)ccc2C2=CC3=CC(c4ccc(N5CCCCC5)cc4Nc4ccc(C)o4)=NC4=NC(c5ccon5)=NC(=N2)N34)o1. The van der Waals surface area contributed by atoms with Gasteiger partial charge in [-0.1, -0.05) is 5.16 Å². The van der Waals surface area contributed by atoms with Gasteiger partial charge in [-0.3, -0.25) is 0 Å². The van der Waals surface area contributed by atoms with Gasteiger partial charge in [-0.05, 0) is 113 Å². The summed E-state index contributed by atoms with van der Waals surface area (Å²) < 4.78 is 17.2. The van der Waals surface area contributed by atoms with Gasteiger partial charge in [-0.25, -0.2) is 14.9 Å². The normalized spacial score (nSPS) is 18.0. The predicted molar refractivity (Wildman–Crippen MR) is 221 cm³/mol. The van der Waals surface area contributed by atoms with Crippen LogP contribution in [0.25, 0.3) is 5.70 Å². The second-order valence-corrected chi connectivity index (χ2v) is 14.7. The van der Waals surface area contributed by atoms with Crippen LogP contribution in [-0.4, -0.2) is 59.7 Å². The zero-order valence-electron chi connectivity index (χ0n) is 31.5. The molecule has 0 atom stereocenters. The number of amidine groups is 1. The van der Waals surface area contributed by atoms with Crippen LogP contribution in [0.4, 0.5) is 34.5 Å². The quantitative estimate of drug-likeness (QED) is 0.151. The summed E-state index contributed by atoms with van der Waals surface area (Å²) in [5.41, 5.74) is 8.68. The molecule has 2 saturated heterocycles. The van der Waals surface area contributed by atoms with Crippen molar-refractivity contribution in [1.29, 1.82) is 0 Å². The first-order valence-electron chi connectivity index (χ1n) is 19.5. The molecule has 2 N–H and O–H groups in total. The zero-order valence-corrected chi connectivity index (χ0v) is 31.5. The van der Waals surface area contributed by atoms with Crippen molar-refractivity contribution in [2.75, 3.05) is 46.6 Å². The summed E-state index contributed by atoms with van der Waals surface area (Å²) in [6.45, 7) is 8.02. The molecule has 0 aliphatic carbocycles. The molecule has 13 heteroatoms. The van der Waals surface area contributed by atoms with Crippen LogP contribution in [0.15, 0.2) is 124 Å². The Hall–Kier alpha value is -6.63. The molecular weight excluding hydrogens is 705 g/mol. The second-order valence-electron chi connectivity index (χ2n) is 14.7. The number of aliphatic imine (C=N–C) groups is 4. The van der Waals surface area contributed by atoms with Gasteiger partial charge in [0.05, 0.1) is 28.5 Å². The van der Waals surface area contributed by atoms with E-state index >= 15 is 0 Å². The van der Waals surface area contributed by atoms with Crippen LogP contribution in [0.5, 0.6) is 0 Å². The number of hydrogen-bond donors (Lipinski definition) is 2. The topological polar surface area (TPSA) is 136 Å². The van der Waals surface area contributed by atoms with Crippen molar-refractivity contribution in [2.24, 2.45) is 20.0 Å². The molecule has 8 heterocycles. The van der Waals surface area contributed by atoms with E-state index in [0.29, 0.717) is 35.2 Å². The van der Waals surface area contributed by atoms with Crippen molar-refractivity contribution in [3.05, 3.63) is 119 Å². The van der Waals surface area contributed by atoms with E-state index in [-0.39, 0.29) is 0 Å². The summed E-state index contributed by atoms with van der Waals surface area (Å²) in [7, 11) is 0. The third-order valence-corrected chi connectivity index (χ3v) is 10.7. The van der Waals surface area contributed by atoms with E-state index in [2.05, 4.69) is 74.1 Å². The molecular formula is C43H42N10O3. The molecule has 2 aromatic carbocycles. The molecule has 0 unspecified atom stereocenters. The highest BCUT2D eigenvalue weighted by atomic mass is 16.5. The minimum Gasteiger partial charge on any atom is -0.446 e. The number of hydrogen-bond acceptors (Lipinski definition) is 13. The highest BCUT2D eigenvalue weighted by molar-refractivity contribution is 6.26. The molecule has 10 rings (SSSR count). The number of allylic oxidation sites excluding steroid dienone is 2. The second kappa shape index (κ2) is 14.2. The van der Waals surface area contributed by atoms with Crippen molar-refractivity contribution in [3.63, 3.8) is 0 Å². The van der Waals surface area contributed by atoms with E-state index in [1.54, 1.807) is 6.07 Å². The molecule has 13 nitrogen and oxygen atoms in total. The molecule has 5 aliphatic heterocycles. The van der Waals surface area contributed by atoms with E-state index < -0.39 is 0 Å². The first-order chi connectivity index (χ1) is 27.5. The molecule has 0 saturated carbocycles. The first-order valence-corrected chi connectivity index (χ1v) is 19.5. The third kappa shape index (κ3) is 6.58. The van der Waals surface area contributed by atoms with Crippen molar-refractivity contribution >= 4 is 63.7 Å². The Morgan fingerprint density at radius 1 is 0.589 bits per heavy atom. The lowest BCUT2D eigenvalue weighted by Crippen LogP contribution is -2.42. The van der Waals surface area contributed by atoms with Gasteiger partial charge in [0, 0.05) is 66.9 Å². The molecule has 2 fully saturated rings. The van der Waals surface area contributed by atoms with Crippen molar-refractivity contribution in [1.82, 2.24) is 10.1 Å². The molecule has 56 heavy (non-hydrogen) atoms. The summed E-state index contributed by atoms with van der Waals surface area (Å²) >= 11 is 0. The Morgan fingerprint density at radius 2 is 1.20 bits per heavy atom. The van der Waals surface area contributed by atoms with Gasteiger partial charge >= 0.3 is 0 Å². The van der Waals surface area contributed by atoms with Crippen LogP contribution in [0.3, 0.4) is 0 Å². The fourth-order valence-corrected chi connectivity index (χ4v) is 7.92. The summed E-state index contributed by atoms with van der Waals surface area (Å²) in [6.07, 6.45) is 12.9. The molecule has 0 radical (unpaired) electrons. The van der Waals surface area contributed by atoms with Gasteiger partial charge in [0.1, 0.15) is 17.8 Å². The first kappa shape index (κ1) is 33.9. The molecule has 0 bridgehead atoms. The summed E-state index contributed by atoms with van der Waals surface area (Å²) in [4.78, 5) is 26.9. The fourth-order valence-electron chi connectivity index (χ4n) is 7.92. The average Bonchev–Trinajstić information content (AvgIpc) is 4.01. The Labute approximate surface area is 324 Å². The Bertz CT molecular complexity index is 2380. The van der Waals surface area contributed by atoms with Crippen LogP contribution in [0.2, 0.25) is 0 Å². The number of aromatic nitrogens is 1. The van der Waals surface area contributed by atoms with Gasteiger partial charge in [0.15, 0.2) is 23.3 Å². The molecule has 3 aromatic heterocycles. The van der Waals surface area contributed by atoms with Crippen LogP contribution in [0.1, 0.15) is 66.9 Å². The maximum absolute atomic E-state index is 6.00. The van der Waals surface area contributed by atoms with Crippen LogP contribution in [0, 0.1) is 13.8 Å². The number of aryl methyl sites for hydroxylation is 2. The maximum atomic E-state index is 6.00. The van der Waals surface area contributed by atoms with Crippen molar-refractivity contribution < 1.29 is 13.4 Å². The maximum Gasteiger partial charge on any atom is 0.239 e. The Kier molecular flexibility index (Phi) is 8.61. The lowest BCUT2D eigenvalue weighted by Gasteiger charge is -2.33. The minimum absolute atomic E-state index is 0.365. The van der Waals surface area contributed by atoms with Gasteiger partial charge < -0.3 is 33.8 Å². The highest BCUT2D eigenvalue weighted by Gasteiger charge is 2.35. The summed E-state index contributed by atoms with van der Waals surface area (Å²) in [6, 6.07) is 22.6. The highest BCUT2D eigenvalue weighted by Crippen LogP contribution is 2.39. The van der Waals surface area contributed by atoms with Crippen LogP contribution >= 0.6 is 0 Å². The molecule has 282 valence electrons. The number of guanidine groups is 2. The van der Waals surface area contributed by atoms with Gasteiger partial charge in [0.25, 0.3) is 0 Å². The van der Waals surface area contributed by atoms with Crippen molar-refractivity contribution in [2.45, 2.75) is 52.4 Å². The van der Waals surface area contributed by atoms with E-state index in [1.165, 1.54) is 44.8 Å². The smallest absolute Gasteiger partial charge is 0.239 e. The standard InChI is InChI=1S/C43H42N10O3/c1-27-9-15-39(55-27)44-35-23-29(51-18-5-3-6-19-51)11-13-32(35)37-25-31-26-38(47-43-49-41(34-17-22-54-50-34)48-42(46-37)53(31)43)33-14-12-30(52-20-7-4-8-21-52)24-36(33)45-40-16-10-28(2)56-40/h9-17,22-26,44-45H,3-8,18-21H2,1-2H3. The fraction of sp³-hybridized carbons (Fsp3) is 0.279.